The van der Waals surface area contributed by atoms with Crippen LogP contribution in [0.4, 0.5) is 10.5 Å². The van der Waals surface area contributed by atoms with Gasteiger partial charge in [-0.15, -0.1) is 6.42 Å². The van der Waals surface area contributed by atoms with E-state index in [0.29, 0.717) is 25.3 Å². The van der Waals surface area contributed by atoms with Crippen molar-refractivity contribution < 1.29 is 28.9 Å². The van der Waals surface area contributed by atoms with Crippen molar-refractivity contribution in [3.05, 3.63) is 47.1 Å². The topological polar surface area (TPSA) is 144 Å². The molecule has 43 heavy (non-hydrogen) atoms. The van der Waals surface area contributed by atoms with Crippen LogP contribution in [0.5, 0.6) is 0 Å². The molecule has 0 fully saturated rings. The van der Waals surface area contributed by atoms with Crippen LogP contribution in [0, 0.1) is 12.3 Å². The number of hydrogen-bond acceptors (Lipinski definition) is 8. The lowest BCUT2D eigenvalue weighted by Crippen LogP contribution is -2.50. The number of carbonyl (C=O) groups excluding carboxylic acids is 2. The van der Waals surface area contributed by atoms with E-state index in [4.69, 9.17) is 26.4 Å². The largest absolute Gasteiger partial charge is 0.449 e. The van der Waals surface area contributed by atoms with E-state index >= 15 is 0 Å². The van der Waals surface area contributed by atoms with Gasteiger partial charge in [0, 0.05) is 35.1 Å². The molecule has 6 N–H and O–H groups in total. The summed E-state index contributed by atoms with van der Waals surface area (Å²) in [5.41, 5.74) is 9.67. The third kappa shape index (κ3) is 9.65. The molecule has 2 amide bonds. The lowest BCUT2D eigenvalue weighted by molar-refractivity contribution is -0.116. The van der Waals surface area contributed by atoms with Crippen LogP contribution in [-0.4, -0.2) is 73.5 Å². The zero-order chi connectivity index (χ0) is 31.6. The predicted octanol–water partition coefficient (Wildman–Crippen LogP) is 3.81. The summed E-state index contributed by atoms with van der Waals surface area (Å²) in [5, 5.41) is 19.9. The van der Waals surface area contributed by atoms with Gasteiger partial charge in [-0.1, -0.05) is 38.0 Å². The number of nitrogens with two attached hydrogens (primary N) is 1. The van der Waals surface area contributed by atoms with Crippen LogP contribution in [0.3, 0.4) is 0 Å². The highest BCUT2D eigenvalue weighted by Crippen LogP contribution is 2.49. The Bertz CT molecular complexity index is 1230. The summed E-state index contributed by atoms with van der Waals surface area (Å²) in [7, 11) is 0. The maximum atomic E-state index is 12.9. The Labute approximate surface area is 255 Å². The number of amides is 2. The summed E-state index contributed by atoms with van der Waals surface area (Å²) in [4.78, 5) is 25.3. The predicted molar refractivity (Wildman–Crippen MR) is 168 cm³/mol. The smallest absolute Gasteiger partial charge is 0.407 e. The Morgan fingerprint density at radius 1 is 1.26 bits per heavy atom. The molecule has 2 aliphatic carbocycles. The van der Waals surface area contributed by atoms with E-state index in [-0.39, 0.29) is 49.6 Å². The molecule has 0 saturated heterocycles. The van der Waals surface area contributed by atoms with Crippen molar-refractivity contribution >= 4 is 23.3 Å². The Hall–Kier alpha value is -3.20. The molecule has 0 spiro atoms. The molecule has 1 aromatic rings. The van der Waals surface area contributed by atoms with Gasteiger partial charge >= 0.3 is 6.09 Å². The Balaban J connectivity index is 1.77. The fourth-order valence-electron chi connectivity index (χ4n) is 5.39. The van der Waals surface area contributed by atoms with Crippen LogP contribution < -0.4 is 21.7 Å². The third-order valence-electron chi connectivity index (χ3n) is 8.13. The highest BCUT2D eigenvalue weighted by Gasteiger charge is 2.39. The fraction of sp³-hybridized carbons (Fsp3) is 0.576. The summed E-state index contributed by atoms with van der Waals surface area (Å²) in [6.45, 7) is 11.0. The van der Waals surface area contributed by atoms with Crippen LogP contribution >= 0.6 is 0 Å². The van der Waals surface area contributed by atoms with Gasteiger partial charge in [0.1, 0.15) is 19.4 Å². The van der Waals surface area contributed by atoms with Gasteiger partial charge in [-0.25, -0.2) is 4.79 Å². The molecule has 2 aliphatic rings. The summed E-state index contributed by atoms with van der Waals surface area (Å²) in [5.74, 6) is 2.00. The van der Waals surface area contributed by atoms with Gasteiger partial charge in [0.05, 0.1) is 19.8 Å². The quantitative estimate of drug-likeness (QED) is 0.110. The molecule has 0 bridgehead atoms. The molecular formula is C33H48N4O6. The summed E-state index contributed by atoms with van der Waals surface area (Å²) >= 11 is 0. The molecule has 4 unspecified atom stereocenters. The molecule has 10 nitrogen and oxygen atoms in total. The zero-order valence-electron chi connectivity index (χ0n) is 26.1. The lowest BCUT2D eigenvalue weighted by atomic mass is 9.81. The van der Waals surface area contributed by atoms with Gasteiger partial charge in [0.15, 0.2) is 0 Å². The second-order valence-corrected chi connectivity index (χ2v) is 11.9. The number of anilines is 1. The molecule has 0 aliphatic heterocycles. The van der Waals surface area contributed by atoms with E-state index in [1.807, 2.05) is 58.0 Å². The van der Waals surface area contributed by atoms with E-state index in [9.17, 15) is 14.7 Å². The maximum Gasteiger partial charge on any atom is 0.407 e. The van der Waals surface area contributed by atoms with E-state index < -0.39 is 17.9 Å². The normalized spacial score (nSPS) is 20.6. The number of carbonyl (C=O) groups is 2. The molecule has 3 rings (SSSR count). The van der Waals surface area contributed by atoms with Gasteiger partial charge in [-0.2, -0.15) is 0 Å². The average molecular weight is 597 g/mol. The Morgan fingerprint density at radius 2 is 1.98 bits per heavy atom. The number of ether oxygens (including phenoxy) is 3. The number of terminal acetylenes is 1. The molecule has 0 saturated carbocycles. The van der Waals surface area contributed by atoms with Crippen molar-refractivity contribution in [1.82, 2.24) is 10.6 Å². The first-order valence-corrected chi connectivity index (χ1v) is 15.0. The van der Waals surface area contributed by atoms with Crippen molar-refractivity contribution in [2.45, 2.75) is 89.6 Å². The van der Waals surface area contributed by atoms with Crippen molar-refractivity contribution in [2.75, 3.05) is 38.4 Å². The van der Waals surface area contributed by atoms with Gasteiger partial charge in [-0.3, -0.25) is 10.1 Å². The Kier molecular flexibility index (Phi) is 12.4. The molecule has 10 heteroatoms. The van der Waals surface area contributed by atoms with Crippen molar-refractivity contribution in [1.29, 1.82) is 0 Å². The third-order valence-corrected chi connectivity index (χ3v) is 8.13. The minimum Gasteiger partial charge on any atom is -0.449 e. The van der Waals surface area contributed by atoms with E-state index in [1.54, 1.807) is 6.92 Å². The first-order valence-electron chi connectivity index (χ1n) is 15.0. The minimum absolute atomic E-state index is 0.0831. The molecule has 0 aromatic heterocycles. The monoisotopic (exact) mass is 596 g/mol. The molecule has 4 atom stereocenters. The van der Waals surface area contributed by atoms with E-state index in [0.717, 1.165) is 35.1 Å². The van der Waals surface area contributed by atoms with Crippen LogP contribution in [0.15, 0.2) is 35.9 Å². The highest BCUT2D eigenvalue weighted by molar-refractivity contribution is 5.93. The number of rotatable bonds is 16. The van der Waals surface area contributed by atoms with Crippen LogP contribution in [0.1, 0.15) is 77.3 Å². The average Bonchev–Trinajstić information content (AvgIpc) is 3.24. The van der Waals surface area contributed by atoms with Gasteiger partial charge in [0.25, 0.3) is 0 Å². The second kappa shape index (κ2) is 15.5. The number of fused-ring (bicyclic) bond motifs is 2. The number of allylic oxidation sites excluding steroid dienone is 2. The van der Waals surface area contributed by atoms with Gasteiger partial charge in [-0.05, 0) is 74.4 Å². The van der Waals surface area contributed by atoms with Crippen molar-refractivity contribution in [2.24, 2.45) is 5.73 Å². The zero-order valence-corrected chi connectivity index (χ0v) is 26.1. The summed E-state index contributed by atoms with van der Waals surface area (Å²) < 4.78 is 16.6. The van der Waals surface area contributed by atoms with E-state index in [2.05, 4.69) is 21.9 Å². The fourth-order valence-corrected chi connectivity index (χ4v) is 5.39. The summed E-state index contributed by atoms with van der Waals surface area (Å²) in [6, 6.07) is 5.56. The minimum atomic E-state index is -0.916. The molecule has 0 heterocycles. The first kappa shape index (κ1) is 34.3. The molecule has 1 aromatic carbocycles. The van der Waals surface area contributed by atoms with Gasteiger partial charge < -0.3 is 35.7 Å². The van der Waals surface area contributed by atoms with Crippen molar-refractivity contribution in [3.8, 4) is 12.3 Å². The molecular weight excluding hydrogens is 548 g/mol. The number of aliphatic hydroxyl groups is 1. The lowest BCUT2D eigenvalue weighted by Gasteiger charge is -2.35. The van der Waals surface area contributed by atoms with Crippen LogP contribution in [0.2, 0.25) is 0 Å². The highest BCUT2D eigenvalue weighted by atomic mass is 16.5. The SMILES string of the molecule is C#CCOCCOCC(O)NC1(C)C=CC2=C(C1)C(COC(=O)NC(C)(CC)CC)c1cc(NC(=O)CC(C)N)ccc12. The Morgan fingerprint density at radius 3 is 2.65 bits per heavy atom. The number of aliphatic hydroxyl groups excluding tert-OH is 1. The number of nitrogens with one attached hydrogen (secondary N) is 3. The van der Waals surface area contributed by atoms with Crippen molar-refractivity contribution in [3.63, 3.8) is 0 Å². The van der Waals surface area contributed by atoms with Crippen LogP contribution in [0.25, 0.3) is 5.57 Å². The molecule has 0 radical (unpaired) electrons. The number of benzene rings is 1. The molecule has 236 valence electrons. The first-order chi connectivity index (χ1) is 20.4. The van der Waals surface area contributed by atoms with Crippen LogP contribution in [-0.2, 0) is 19.0 Å². The summed E-state index contributed by atoms with van der Waals surface area (Å²) in [6.07, 6.45) is 10.2. The number of hydrogen-bond donors (Lipinski definition) is 5. The second-order valence-electron chi connectivity index (χ2n) is 11.9. The maximum absolute atomic E-state index is 12.9. The standard InChI is InChI=1S/C33H48N4O6/c1-7-14-41-15-16-42-21-30(39)36-33(6)13-12-25-24-11-10-23(35-29(38)17-22(4)34)18-26(24)28(27(25)19-33)20-43-31(40)37-32(5,8-2)9-3/h1,10-13,18,22,28,30,36,39H,8-9,14-17,19-21,34H2,2-6H3,(H,35,38)(H,37,40). The number of alkyl carbamates (subject to hydrolysis) is 1. The van der Waals surface area contributed by atoms with Gasteiger partial charge in [0.2, 0.25) is 5.91 Å². The van der Waals surface area contributed by atoms with E-state index in [1.165, 1.54) is 0 Å².